The SMILES string of the molecule is CCCc1c(CC)cc(CC)c[n+]1CCc1ccccc1. The summed E-state index contributed by atoms with van der Waals surface area (Å²) in [5.41, 5.74) is 5.95. The van der Waals surface area contributed by atoms with Crippen LogP contribution in [0.5, 0.6) is 0 Å². The lowest BCUT2D eigenvalue weighted by molar-refractivity contribution is -0.704. The summed E-state index contributed by atoms with van der Waals surface area (Å²) in [6.45, 7) is 7.88. The minimum absolute atomic E-state index is 1.08. The Morgan fingerprint density at radius 2 is 1.62 bits per heavy atom. The number of benzene rings is 1. The number of hydrogen-bond donors (Lipinski definition) is 0. The summed E-state index contributed by atoms with van der Waals surface area (Å²) in [7, 11) is 0. The van der Waals surface area contributed by atoms with E-state index in [-0.39, 0.29) is 0 Å². The van der Waals surface area contributed by atoms with E-state index in [1.165, 1.54) is 35.2 Å². The van der Waals surface area contributed by atoms with Gasteiger partial charge in [0.1, 0.15) is 0 Å². The minimum atomic E-state index is 1.08. The monoisotopic (exact) mass is 282 g/mol. The van der Waals surface area contributed by atoms with Gasteiger partial charge in [0.2, 0.25) is 0 Å². The smallest absolute Gasteiger partial charge is 0.184 e. The first-order valence-electron chi connectivity index (χ1n) is 8.36. The molecule has 0 N–H and O–H groups in total. The fourth-order valence-corrected chi connectivity index (χ4v) is 2.94. The van der Waals surface area contributed by atoms with Crippen molar-refractivity contribution in [3.8, 4) is 0 Å². The molecule has 0 radical (unpaired) electrons. The molecule has 0 bridgehead atoms. The standard InChI is InChI=1S/C20H28N/c1-4-10-20-19(6-3)15-17(5-2)16-21(20)14-13-18-11-8-7-9-12-18/h7-9,11-12,15-16H,4-6,10,13-14H2,1-3H3/q+1. The van der Waals surface area contributed by atoms with Crippen molar-refractivity contribution in [3.63, 3.8) is 0 Å². The average molecular weight is 282 g/mol. The van der Waals surface area contributed by atoms with Gasteiger partial charge in [0.05, 0.1) is 0 Å². The molecule has 1 aromatic carbocycles. The summed E-state index contributed by atoms with van der Waals surface area (Å²) in [5, 5.41) is 0. The van der Waals surface area contributed by atoms with E-state index in [4.69, 9.17) is 0 Å². The third-order valence-electron chi connectivity index (χ3n) is 4.16. The lowest BCUT2D eigenvalue weighted by Gasteiger charge is -2.10. The topological polar surface area (TPSA) is 3.88 Å². The van der Waals surface area contributed by atoms with Crippen molar-refractivity contribution < 1.29 is 4.57 Å². The largest absolute Gasteiger partial charge is 0.202 e. The van der Waals surface area contributed by atoms with Gasteiger partial charge in [-0.1, -0.05) is 51.1 Å². The van der Waals surface area contributed by atoms with Gasteiger partial charge in [0.25, 0.3) is 0 Å². The van der Waals surface area contributed by atoms with E-state index in [9.17, 15) is 0 Å². The molecule has 0 atom stereocenters. The molecule has 0 saturated heterocycles. The van der Waals surface area contributed by atoms with E-state index in [0.717, 1.165) is 25.8 Å². The first kappa shape index (κ1) is 15.8. The van der Waals surface area contributed by atoms with Crippen molar-refractivity contribution in [2.75, 3.05) is 0 Å². The van der Waals surface area contributed by atoms with Crippen LogP contribution in [0.3, 0.4) is 0 Å². The Morgan fingerprint density at radius 1 is 0.857 bits per heavy atom. The molecular weight excluding hydrogens is 254 g/mol. The number of rotatable bonds is 7. The average Bonchev–Trinajstić information content (AvgIpc) is 2.54. The van der Waals surface area contributed by atoms with E-state index in [1.54, 1.807) is 0 Å². The van der Waals surface area contributed by atoms with Crippen LogP contribution in [0.2, 0.25) is 0 Å². The van der Waals surface area contributed by atoms with Crippen molar-refractivity contribution in [1.29, 1.82) is 0 Å². The third-order valence-corrected chi connectivity index (χ3v) is 4.16. The maximum Gasteiger partial charge on any atom is 0.184 e. The van der Waals surface area contributed by atoms with Crippen molar-refractivity contribution in [2.24, 2.45) is 0 Å². The summed E-state index contributed by atoms with van der Waals surface area (Å²) in [4.78, 5) is 0. The molecule has 1 heteroatoms. The molecule has 0 saturated carbocycles. The van der Waals surface area contributed by atoms with E-state index < -0.39 is 0 Å². The van der Waals surface area contributed by atoms with Crippen molar-refractivity contribution in [3.05, 3.63) is 65.0 Å². The molecule has 2 aromatic rings. The highest BCUT2D eigenvalue weighted by molar-refractivity contribution is 5.22. The van der Waals surface area contributed by atoms with Crippen LogP contribution in [0.25, 0.3) is 0 Å². The second kappa shape index (κ2) is 7.97. The Kier molecular flexibility index (Phi) is 5.98. The molecular formula is C20H28N+. The summed E-state index contributed by atoms with van der Waals surface area (Å²) < 4.78 is 2.51. The zero-order chi connectivity index (χ0) is 15.1. The fraction of sp³-hybridized carbons (Fsp3) is 0.450. The maximum atomic E-state index is 2.51. The van der Waals surface area contributed by atoms with Gasteiger partial charge in [0, 0.05) is 24.0 Å². The van der Waals surface area contributed by atoms with Gasteiger partial charge >= 0.3 is 0 Å². The van der Waals surface area contributed by atoms with Gasteiger partial charge in [-0.05, 0) is 30.9 Å². The van der Waals surface area contributed by atoms with Gasteiger partial charge in [-0.15, -0.1) is 0 Å². The summed E-state index contributed by atoms with van der Waals surface area (Å²) in [6, 6.07) is 13.2. The van der Waals surface area contributed by atoms with Crippen LogP contribution in [0.4, 0.5) is 0 Å². The second-order valence-electron chi connectivity index (χ2n) is 5.71. The minimum Gasteiger partial charge on any atom is -0.202 e. The maximum absolute atomic E-state index is 2.51. The van der Waals surface area contributed by atoms with Crippen molar-refractivity contribution >= 4 is 0 Å². The third kappa shape index (κ3) is 4.17. The van der Waals surface area contributed by atoms with Gasteiger partial charge < -0.3 is 0 Å². The normalized spacial score (nSPS) is 10.8. The quantitative estimate of drug-likeness (QED) is 0.667. The van der Waals surface area contributed by atoms with Gasteiger partial charge in [0.15, 0.2) is 18.4 Å². The molecule has 0 fully saturated rings. The van der Waals surface area contributed by atoms with Crippen LogP contribution in [-0.2, 0) is 32.2 Å². The Balaban J connectivity index is 2.26. The fourth-order valence-electron chi connectivity index (χ4n) is 2.94. The molecule has 21 heavy (non-hydrogen) atoms. The Labute approximate surface area is 129 Å². The lowest BCUT2D eigenvalue weighted by atomic mass is 10.0. The van der Waals surface area contributed by atoms with Gasteiger partial charge in [-0.25, -0.2) is 4.57 Å². The zero-order valence-corrected chi connectivity index (χ0v) is 13.7. The van der Waals surface area contributed by atoms with Crippen LogP contribution in [0.1, 0.15) is 49.6 Å². The second-order valence-corrected chi connectivity index (χ2v) is 5.71. The Bertz CT molecular complexity index is 558. The number of pyridine rings is 1. The zero-order valence-electron chi connectivity index (χ0n) is 13.7. The predicted octanol–water partition coefficient (Wildman–Crippen LogP) is 4.29. The van der Waals surface area contributed by atoms with E-state index in [2.05, 4.69) is 67.9 Å². The molecule has 112 valence electrons. The Morgan fingerprint density at radius 3 is 2.24 bits per heavy atom. The number of hydrogen-bond acceptors (Lipinski definition) is 0. The van der Waals surface area contributed by atoms with Crippen LogP contribution in [0.15, 0.2) is 42.6 Å². The molecule has 0 aliphatic rings. The van der Waals surface area contributed by atoms with Gasteiger partial charge in [-0.3, -0.25) is 0 Å². The first-order valence-corrected chi connectivity index (χ1v) is 8.36. The van der Waals surface area contributed by atoms with Crippen molar-refractivity contribution in [1.82, 2.24) is 0 Å². The lowest BCUT2D eigenvalue weighted by Crippen LogP contribution is -2.41. The molecule has 0 spiro atoms. The van der Waals surface area contributed by atoms with Crippen LogP contribution >= 0.6 is 0 Å². The van der Waals surface area contributed by atoms with Crippen LogP contribution < -0.4 is 4.57 Å². The van der Waals surface area contributed by atoms with Crippen molar-refractivity contribution in [2.45, 2.75) is 59.4 Å². The summed E-state index contributed by atoms with van der Waals surface area (Å²) in [5.74, 6) is 0. The van der Waals surface area contributed by atoms with E-state index in [0.29, 0.717) is 0 Å². The van der Waals surface area contributed by atoms with E-state index >= 15 is 0 Å². The number of aryl methyl sites for hydroxylation is 4. The van der Waals surface area contributed by atoms with Crippen LogP contribution in [0, 0.1) is 0 Å². The highest BCUT2D eigenvalue weighted by atomic mass is 15.0. The first-order chi connectivity index (χ1) is 10.3. The van der Waals surface area contributed by atoms with E-state index in [1.807, 2.05) is 0 Å². The number of nitrogens with zero attached hydrogens (tertiary/aromatic N) is 1. The molecule has 0 amide bonds. The summed E-state index contributed by atoms with van der Waals surface area (Å²) >= 11 is 0. The molecule has 0 unspecified atom stereocenters. The molecule has 1 aromatic heterocycles. The Hall–Kier alpha value is -1.63. The molecule has 0 aliphatic carbocycles. The molecule has 1 nitrogen and oxygen atoms in total. The molecule has 0 aliphatic heterocycles. The molecule has 1 heterocycles. The predicted molar refractivity (Wildman–Crippen MR) is 89.5 cm³/mol. The van der Waals surface area contributed by atoms with Gasteiger partial charge in [-0.2, -0.15) is 0 Å². The highest BCUT2D eigenvalue weighted by Gasteiger charge is 2.16. The molecule has 2 rings (SSSR count). The summed E-state index contributed by atoms with van der Waals surface area (Å²) in [6.07, 6.45) is 8.12. The number of aromatic nitrogens is 1. The highest BCUT2D eigenvalue weighted by Crippen LogP contribution is 2.12. The van der Waals surface area contributed by atoms with Crippen LogP contribution in [-0.4, -0.2) is 0 Å².